The number of fused-ring (bicyclic) bond motifs is 1. The molecule has 1 amide bonds. The number of methoxy groups -OCH3 is 2. The van der Waals surface area contributed by atoms with Crippen molar-refractivity contribution in [1.82, 2.24) is 19.9 Å². The number of rotatable bonds is 4. The summed E-state index contributed by atoms with van der Waals surface area (Å²) in [5.41, 5.74) is 1.24. The molecule has 0 N–H and O–H groups in total. The van der Waals surface area contributed by atoms with Crippen molar-refractivity contribution in [3.05, 3.63) is 21.9 Å². The van der Waals surface area contributed by atoms with E-state index in [4.69, 9.17) is 14.2 Å². The molecule has 2 aromatic heterocycles. The molecule has 2 aliphatic rings. The van der Waals surface area contributed by atoms with E-state index >= 15 is 0 Å². The van der Waals surface area contributed by atoms with E-state index in [1.54, 1.807) is 11.3 Å². The lowest BCUT2D eigenvalue weighted by molar-refractivity contribution is -0.145. The van der Waals surface area contributed by atoms with Crippen molar-refractivity contribution in [2.45, 2.75) is 19.1 Å². The Morgan fingerprint density at radius 3 is 2.74 bits per heavy atom. The highest BCUT2D eigenvalue weighted by molar-refractivity contribution is 7.10. The van der Waals surface area contributed by atoms with Crippen LogP contribution in [0, 0.1) is 0 Å². The van der Waals surface area contributed by atoms with Crippen LogP contribution in [0.1, 0.15) is 10.4 Å². The minimum absolute atomic E-state index is 0.00420. The molecule has 9 nitrogen and oxygen atoms in total. The van der Waals surface area contributed by atoms with Gasteiger partial charge in [-0.05, 0) is 23.4 Å². The maximum Gasteiger partial charge on any atom is 0.324 e. The van der Waals surface area contributed by atoms with Gasteiger partial charge in [-0.2, -0.15) is 9.97 Å². The zero-order valence-corrected chi connectivity index (χ0v) is 16.1. The molecule has 0 aromatic carbocycles. The van der Waals surface area contributed by atoms with Gasteiger partial charge in [0.1, 0.15) is 0 Å². The summed E-state index contributed by atoms with van der Waals surface area (Å²) in [7, 11) is 2.97. The summed E-state index contributed by atoms with van der Waals surface area (Å²) in [5.74, 6) is 0.420. The largest absolute Gasteiger partial charge is 0.467 e. The molecule has 1 fully saturated rings. The molecule has 1 atom stereocenters. The van der Waals surface area contributed by atoms with Gasteiger partial charge in [0.2, 0.25) is 5.95 Å². The van der Waals surface area contributed by atoms with E-state index in [9.17, 15) is 4.79 Å². The molecule has 0 bridgehead atoms. The molecular weight excluding hydrogens is 370 g/mol. The first-order valence-corrected chi connectivity index (χ1v) is 9.60. The van der Waals surface area contributed by atoms with Crippen molar-refractivity contribution in [3.63, 3.8) is 0 Å². The number of amides is 1. The summed E-state index contributed by atoms with van der Waals surface area (Å²) in [6.45, 7) is 2.74. The summed E-state index contributed by atoms with van der Waals surface area (Å²) in [4.78, 5) is 30.7. The number of hydrogen-bond donors (Lipinski definition) is 0. The second kappa shape index (κ2) is 7.65. The van der Waals surface area contributed by atoms with Crippen molar-refractivity contribution in [2.24, 2.45) is 0 Å². The molecule has 0 spiro atoms. The molecule has 0 aliphatic carbocycles. The van der Waals surface area contributed by atoms with E-state index in [2.05, 4.69) is 26.4 Å². The first-order chi connectivity index (χ1) is 13.2. The lowest BCUT2D eigenvalue weighted by atomic mass is 10.1. The van der Waals surface area contributed by atoms with Crippen LogP contribution in [0.4, 0.5) is 5.95 Å². The Hall–Kier alpha value is -2.46. The van der Waals surface area contributed by atoms with Gasteiger partial charge in [0.25, 0.3) is 5.91 Å². The quantitative estimate of drug-likeness (QED) is 0.754. The van der Waals surface area contributed by atoms with Crippen LogP contribution < -0.4 is 14.4 Å². The third-order valence-corrected chi connectivity index (χ3v) is 5.71. The summed E-state index contributed by atoms with van der Waals surface area (Å²) in [6.07, 6.45) is 0.351. The Morgan fingerprint density at radius 2 is 2.00 bits per heavy atom. The zero-order valence-electron chi connectivity index (χ0n) is 15.3. The van der Waals surface area contributed by atoms with Gasteiger partial charge < -0.3 is 24.0 Å². The molecule has 4 rings (SSSR count). The SMILES string of the molecule is COc1nc(OC)nc(N2CCOC(C(=O)N3CCc4sccc4C3)C2)n1. The normalized spacial score (nSPS) is 19.6. The van der Waals surface area contributed by atoms with Crippen molar-refractivity contribution in [1.29, 1.82) is 0 Å². The molecular formula is C17H21N5O4S. The van der Waals surface area contributed by atoms with Crippen molar-refractivity contribution in [2.75, 3.05) is 45.4 Å². The fraction of sp³-hybridized carbons (Fsp3) is 0.529. The second-order valence-electron chi connectivity index (χ2n) is 6.29. The first kappa shape index (κ1) is 17.9. The molecule has 144 valence electrons. The summed E-state index contributed by atoms with van der Waals surface area (Å²) >= 11 is 1.76. The predicted octanol–water partition coefficient (Wildman–Crippen LogP) is 0.740. The molecule has 1 saturated heterocycles. The number of morpholine rings is 1. The van der Waals surface area contributed by atoms with E-state index in [-0.39, 0.29) is 17.9 Å². The Labute approximate surface area is 160 Å². The van der Waals surface area contributed by atoms with Crippen LogP contribution in [0.5, 0.6) is 12.0 Å². The molecule has 27 heavy (non-hydrogen) atoms. The smallest absolute Gasteiger partial charge is 0.324 e. The molecule has 0 radical (unpaired) electrons. The van der Waals surface area contributed by atoms with Crippen molar-refractivity contribution < 1.29 is 19.0 Å². The van der Waals surface area contributed by atoms with Gasteiger partial charge in [-0.15, -0.1) is 16.3 Å². The number of thiophene rings is 1. The lowest BCUT2D eigenvalue weighted by Crippen LogP contribution is -2.52. The minimum Gasteiger partial charge on any atom is -0.467 e. The fourth-order valence-corrected chi connectivity index (χ4v) is 4.16. The average Bonchev–Trinajstić information content (AvgIpc) is 3.20. The zero-order chi connectivity index (χ0) is 18.8. The van der Waals surface area contributed by atoms with Gasteiger partial charge in [-0.1, -0.05) is 0 Å². The predicted molar refractivity (Wildman–Crippen MR) is 98.3 cm³/mol. The van der Waals surface area contributed by atoms with Gasteiger partial charge >= 0.3 is 12.0 Å². The number of nitrogens with zero attached hydrogens (tertiary/aromatic N) is 5. The molecule has 10 heteroatoms. The van der Waals surface area contributed by atoms with Gasteiger partial charge in [-0.3, -0.25) is 4.79 Å². The van der Waals surface area contributed by atoms with Crippen LogP contribution in [-0.4, -0.2) is 72.3 Å². The number of hydrogen-bond acceptors (Lipinski definition) is 9. The third kappa shape index (κ3) is 3.67. The van der Waals surface area contributed by atoms with Crippen LogP contribution in [0.2, 0.25) is 0 Å². The summed E-state index contributed by atoms with van der Waals surface area (Å²) in [5, 5.41) is 2.08. The summed E-state index contributed by atoms with van der Waals surface area (Å²) in [6, 6.07) is 2.44. The Balaban J connectivity index is 1.47. The van der Waals surface area contributed by atoms with E-state index in [1.165, 1.54) is 24.7 Å². The second-order valence-corrected chi connectivity index (χ2v) is 7.29. The van der Waals surface area contributed by atoms with Crippen LogP contribution >= 0.6 is 11.3 Å². The van der Waals surface area contributed by atoms with Crippen LogP contribution in [0.15, 0.2) is 11.4 Å². The van der Waals surface area contributed by atoms with Gasteiger partial charge in [-0.25, -0.2) is 0 Å². The molecule has 0 saturated carbocycles. The van der Waals surface area contributed by atoms with E-state index < -0.39 is 6.10 Å². The Morgan fingerprint density at radius 1 is 1.22 bits per heavy atom. The highest BCUT2D eigenvalue weighted by atomic mass is 32.1. The van der Waals surface area contributed by atoms with Gasteiger partial charge in [0.15, 0.2) is 6.10 Å². The molecule has 2 aromatic rings. The van der Waals surface area contributed by atoms with Crippen molar-refractivity contribution >= 4 is 23.2 Å². The van der Waals surface area contributed by atoms with Gasteiger partial charge in [0, 0.05) is 24.5 Å². The molecule has 2 aliphatic heterocycles. The number of carbonyl (C=O) groups is 1. The highest BCUT2D eigenvalue weighted by Gasteiger charge is 2.33. The fourth-order valence-electron chi connectivity index (χ4n) is 3.27. The maximum atomic E-state index is 13.0. The highest BCUT2D eigenvalue weighted by Crippen LogP contribution is 2.25. The lowest BCUT2D eigenvalue weighted by Gasteiger charge is -2.36. The van der Waals surface area contributed by atoms with Crippen LogP contribution in [0.3, 0.4) is 0 Å². The summed E-state index contributed by atoms with van der Waals surface area (Å²) < 4.78 is 16.0. The maximum absolute atomic E-state index is 13.0. The van der Waals surface area contributed by atoms with Crippen LogP contribution in [0.25, 0.3) is 0 Å². The topological polar surface area (TPSA) is 89.9 Å². The van der Waals surface area contributed by atoms with E-state index in [0.717, 1.165) is 13.0 Å². The number of aromatic nitrogens is 3. The van der Waals surface area contributed by atoms with Crippen molar-refractivity contribution in [3.8, 4) is 12.0 Å². The van der Waals surface area contributed by atoms with E-state index in [1.807, 2.05) is 9.80 Å². The van der Waals surface area contributed by atoms with E-state index in [0.29, 0.717) is 32.2 Å². The van der Waals surface area contributed by atoms with Gasteiger partial charge in [0.05, 0.1) is 27.4 Å². The number of carbonyl (C=O) groups excluding carboxylic acids is 1. The average molecular weight is 391 g/mol. The Bertz CT molecular complexity index is 807. The number of anilines is 1. The van der Waals surface area contributed by atoms with Crippen LogP contribution in [-0.2, 0) is 22.5 Å². The monoisotopic (exact) mass is 391 g/mol. The standard InChI is InChI=1S/C17H21N5O4S/c1-24-16-18-15(19-17(20-16)25-2)22-6-7-26-12(10-22)14(23)21-5-3-13-11(9-21)4-8-27-13/h4,8,12H,3,5-7,9-10H2,1-2H3. The minimum atomic E-state index is -0.548. The Kier molecular flexibility index (Phi) is 5.08. The number of ether oxygens (including phenoxy) is 3. The third-order valence-electron chi connectivity index (χ3n) is 4.69. The molecule has 1 unspecified atom stereocenters. The molecule has 4 heterocycles. The first-order valence-electron chi connectivity index (χ1n) is 8.72.